The van der Waals surface area contributed by atoms with Crippen LogP contribution in [-0.2, 0) is 0 Å². The molecule has 0 aromatic rings. The lowest BCUT2D eigenvalue weighted by molar-refractivity contribution is -0.0116. The summed E-state index contributed by atoms with van der Waals surface area (Å²) in [5, 5.41) is 3.69. The van der Waals surface area contributed by atoms with E-state index >= 15 is 0 Å². The Hall–Kier alpha value is -0.120. The largest absolute Gasteiger partial charge is 0.314 e. The molecule has 3 heteroatoms. The van der Waals surface area contributed by atoms with Crippen LogP contribution >= 0.6 is 0 Å². The molecule has 110 valence electrons. The molecule has 2 aliphatic heterocycles. The van der Waals surface area contributed by atoms with Crippen LogP contribution in [0.2, 0.25) is 0 Å². The van der Waals surface area contributed by atoms with Crippen LogP contribution in [0.25, 0.3) is 0 Å². The molecular weight excluding hydrogens is 234 g/mol. The number of rotatable bonds is 1. The normalized spacial score (nSPS) is 34.3. The van der Waals surface area contributed by atoms with Crippen molar-refractivity contribution in [2.45, 2.75) is 62.9 Å². The highest BCUT2D eigenvalue weighted by molar-refractivity contribution is 5.00. The van der Waals surface area contributed by atoms with Gasteiger partial charge in [0.05, 0.1) is 0 Å². The fraction of sp³-hybridized carbons (Fsp3) is 1.00. The minimum atomic E-state index is 0.518. The van der Waals surface area contributed by atoms with E-state index in [0.717, 1.165) is 6.04 Å². The average molecular weight is 265 g/mol. The Balaban J connectivity index is 1.72. The molecule has 3 fully saturated rings. The minimum Gasteiger partial charge on any atom is -0.314 e. The van der Waals surface area contributed by atoms with Gasteiger partial charge >= 0.3 is 0 Å². The Morgan fingerprint density at radius 2 is 1.79 bits per heavy atom. The summed E-state index contributed by atoms with van der Waals surface area (Å²) in [6.07, 6.45) is 11.4. The number of hydrogen-bond donors (Lipinski definition) is 1. The Kier molecular flexibility index (Phi) is 4.45. The van der Waals surface area contributed by atoms with Crippen molar-refractivity contribution in [3.05, 3.63) is 0 Å². The van der Waals surface area contributed by atoms with Crippen LogP contribution in [-0.4, -0.2) is 61.2 Å². The minimum absolute atomic E-state index is 0.518. The predicted molar refractivity (Wildman–Crippen MR) is 80.5 cm³/mol. The van der Waals surface area contributed by atoms with Crippen molar-refractivity contribution in [2.75, 3.05) is 39.8 Å². The number of piperazine rings is 1. The molecule has 1 N–H and O–H groups in total. The van der Waals surface area contributed by atoms with Gasteiger partial charge in [-0.3, -0.25) is 4.90 Å². The van der Waals surface area contributed by atoms with E-state index < -0.39 is 0 Å². The van der Waals surface area contributed by atoms with Crippen molar-refractivity contribution in [3.63, 3.8) is 0 Å². The second-order valence-electron chi connectivity index (χ2n) is 7.04. The molecule has 3 rings (SSSR count). The van der Waals surface area contributed by atoms with Gasteiger partial charge in [0, 0.05) is 31.2 Å². The maximum Gasteiger partial charge on any atom is 0.0337 e. The highest BCUT2D eigenvalue weighted by atomic mass is 15.3. The van der Waals surface area contributed by atoms with Crippen LogP contribution in [0.15, 0.2) is 0 Å². The summed E-state index contributed by atoms with van der Waals surface area (Å²) in [7, 11) is 2.29. The summed E-state index contributed by atoms with van der Waals surface area (Å²) in [6.45, 7) is 6.34. The summed E-state index contributed by atoms with van der Waals surface area (Å²) in [5.74, 6) is 0. The maximum atomic E-state index is 3.69. The van der Waals surface area contributed by atoms with Crippen LogP contribution in [0, 0.1) is 0 Å². The summed E-state index contributed by atoms with van der Waals surface area (Å²) in [6, 6.07) is 0.852. The topological polar surface area (TPSA) is 18.5 Å². The lowest BCUT2D eigenvalue weighted by atomic mass is 9.77. The zero-order chi connectivity index (χ0) is 13.1. The Morgan fingerprint density at radius 3 is 2.63 bits per heavy atom. The number of nitrogens with zero attached hydrogens (tertiary/aromatic N) is 2. The molecule has 1 aliphatic carbocycles. The summed E-state index contributed by atoms with van der Waals surface area (Å²) in [4.78, 5) is 5.47. The van der Waals surface area contributed by atoms with Crippen LogP contribution < -0.4 is 5.32 Å². The molecule has 2 saturated heterocycles. The van der Waals surface area contributed by atoms with Gasteiger partial charge in [-0.25, -0.2) is 0 Å². The highest BCUT2D eigenvalue weighted by Gasteiger charge is 2.42. The van der Waals surface area contributed by atoms with E-state index in [4.69, 9.17) is 0 Å². The third-order valence-electron chi connectivity index (χ3n) is 5.74. The molecule has 1 saturated carbocycles. The molecule has 3 nitrogen and oxygen atoms in total. The Labute approximate surface area is 118 Å². The van der Waals surface area contributed by atoms with Crippen LogP contribution in [0.1, 0.15) is 51.4 Å². The first-order valence-corrected chi connectivity index (χ1v) is 8.46. The first-order chi connectivity index (χ1) is 9.30. The summed E-state index contributed by atoms with van der Waals surface area (Å²) in [5.41, 5.74) is 0.518. The smallest absolute Gasteiger partial charge is 0.0337 e. The SMILES string of the molecule is CN1CCCC(N2CCNCC23CCCCC3)CC1. The summed E-state index contributed by atoms with van der Waals surface area (Å²) >= 11 is 0. The molecule has 2 heterocycles. The van der Waals surface area contributed by atoms with Gasteiger partial charge in [0.25, 0.3) is 0 Å². The second-order valence-corrected chi connectivity index (χ2v) is 7.04. The Bertz CT molecular complexity index is 277. The third kappa shape index (κ3) is 2.98. The van der Waals surface area contributed by atoms with Crippen LogP contribution in [0.3, 0.4) is 0 Å². The van der Waals surface area contributed by atoms with Crippen LogP contribution in [0.5, 0.6) is 0 Å². The first-order valence-electron chi connectivity index (χ1n) is 8.46. The molecule has 0 aromatic heterocycles. The summed E-state index contributed by atoms with van der Waals surface area (Å²) < 4.78 is 0. The standard InChI is InChI=1S/C16H31N3/c1-18-11-5-6-15(7-12-18)19-13-10-17-14-16(19)8-3-2-4-9-16/h15,17H,2-14H2,1H3. The third-order valence-corrected chi connectivity index (χ3v) is 5.74. The molecule has 1 spiro atoms. The van der Waals surface area contributed by atoms with Gasteiger partial charge in [-0.15, -0.1) is 0 Å². The van der Waals surface area contributed by atoms with E-state index in [1.54, 1.807) is 0 Å². The number of nitrogens with one attached hydrogen (secondary N) is 1. The van der Waals surface area contributed by atoms with Gasteiger partial charge in [0.1, 0.15) is 0 Å². The van der Waals surface area contributed by atoms with E-state index in [1.165, 1.54) is 84.1 Å². The Morgan fingerprint density at radius 1 is 0.947 bits per heavy atom. The van der Waals surface area contributed by atoms with Gasteiger partial charge in [-0.2, -0.15) is 0 Å². The van der Waals surface area contributed by atoms with Crippen molar-refractivity contribution in [1.29, 1.82) is 0 Å². The molecule has 19 heavy (non-hydrogen) atoms. The molecule has 1 atom stereocenters. The first kappa shape index (κ1) is 13.8. The zero-order valence-electron chi connectivity index (χ0n) is 12.7. The van der Waals surface area contributed by atoms with Crippen molar-refractivity contribution >= 4 is 0 Å². The fourth-order valence-electron chi connectivity index (χ4n) is 4.64. The molecule has 0 aromatic carbocycles. The van der Waals surface area contributed by atoms with Crippen molar-refractivity contribution < 1.29 is 0 Å². The highest BCUT2D eigenvalue weighted by Crippen LogP contribution is 2.37. The number of hydrogen-bond acceptors (Lipinski definition) is 3. The quantitative estimate of drug-likeness (QED) is 0.783. The van der Waals surface area contributed by atoms with Crippen molar-refractivity contribution in [2.24, 2.45) is 0 Å². The van der Waals surface area contributed by atoms with E-state index in [0.29, 0.717) is 5.54 Å². The second kappa shape index (κ2) is 6.11. The van der Waals surface area contributed by atoms with Crippen molar-refractivity contribution in [3.8, 4) is 0 Å². The molecule has 1 unspecified atom stereocenters. The number of likely N-dealkylation sites (tertiary alicyclic amines) is 1. The fourth-order valence-corrected chi connectivity index (χ4v) is 4.64. The maximum absolute atomic E-state index is 3.69. The monoisotopic (exact) mass is 265 g/mol. The average Bonchev–Trinajstić information content (AvgIpc) is 2.65. The van der Waals surface area contributed by atoms with Crippen LogP contribution in [0.4, 0.5) is 0 Å². The van der Waals surface area contributed by atoms with Gasteiger partial charge < -0.3 is 10.2 Å². The van der Waals surface area contributed by atoms with Gasteiger partial charge in [-0.1, -0.05) is 19.3 Å². The molecule has 3 aliphatic rings. The van der Waals surface area contributed by atoms with E-state index in [-0.39, 0.29) is 0 Å². The van der Waals surface area contributed by atoms with Gasteiger partial charge in [0.15, 0.2) is 0 Å². The van der Waals surface area contributed by atoms with E-state index in [2.05, 4.69) is 22.2 Å². The van der Waals surface area contributed by atoms with Crippen molar-refractivity contribution in [1.82, 2.24) is 15.1 Å². The predicted octanol–water partition coefficient (Wildman–Crippen LogP) is 2.08. The van der Waals surface area contributed by atoms with Gasteiger partial charge in [0.2, 0.25) is 0 Å². The lowest BCUT2D eigenvalue weighted by Gasteiger charge is -2.53. The van der Waals surface area contributed by atoms with Gasteiger partial charge in [-0.05, 0) is 52.2 Å². The van der Waals surface area contributed by atoms with E-state index in [1.807, 2.05) is 0 Å². The van der Waals surface area contributed by atoms with E-state index in [9.17, 15) is 0 Å². The molecule has 0 amide bonds. The lowest BCUT2D eigenvalue weighted by Crippen LogP contribution is -2.64. The zero-order valence-corrected chi connectivity index (χ0v) is 12.7. The molecule has 0 radical (unpaired) electrons. The molecular formula is C16H31N3. The molecule has 0 bridgehead atoms.